The van der Waals surface area contributed by atoms with Gasteiger partial charge in [-0.3, -0.25) is 13.9 Å². The number of nitrogens with one attached hydrogen (secondary N) is 1. The van der Waals surface area contributed by atoms with E-state index in [9.17, 15) is 18.0 Å². The molecule has 208 valence electrons. The molecule has 9 heteroatoms. The van der Waals surface area contributed by atoms with Gasteiger partial charge in [-0.25, -0.2) is 8.42 Å². The molecule has 1 unspecified atom stereocenters. The molecule has 0 radical (unpaired) electrons. The van der Waals surface area contributed by atoms with Crippen molar-refractivity contribution >= 4 is 27.5 Å². The zero-order chi connectivity index (χ0) is 28.6. The number of rotatable bonds is 12. The molecule has 0 saturated carbocycles. The van der Waals surface area contributed by atoms with Gasteiger partial charge in [-0.1, -0.05) is 61.0 Å². The number of sulfonamides is 1. The van der Waals surface area contributed by atoms with Crippen LogP contribution in [0.5, 0.6) is 5.75 Å². The average Bonchev–Trinajstić information content (AvgIpc) is 2.91. The third kappa shape index (κ3) is 7.60. The summed E-state index contributed by atoms with van der Waals surface area (Å²) in [6.45, 7) is 7.16. The third-order valence-corrected chi connectivity index (χ3v) is 7.99. The van der Waals surface area contributed by atoms with Crippen LogP contribution in [0.1, 0.15) is 38.3 Å². The van der Waals surface area contributed by atoms with Crippen LogP contribution in [0.15, 0.2) is 83.8 Å². The highest BCUT2D eigenvalue weighted by molar-refractivity contribution is 7.92. The van der Waals surface area contributed by atoms with Crippen molar-refractivity contribution in [3.8, 4) is 5.75 Å². The standard InChI is InChI=1S/C30H37N3O5S/c1-6-28(30(35)31-22(2)3)32(20-24-13-10-12-23(4)18-24)29(34)21-33(25-14-11-15-26(19-25)38-5)39(36,37)27-16-8-7-9-17-27/h7-19,22,28H,6,20-21H2,1-5H3,(H,31,35). The SMILES string of the molecule is CCC(C(=O)NC(C)C)N(Cc1cccc(C)c1)C(=O)CN(c1cccc(OC)c1)S(=O)(=O)c1ccccc1. The molecule has 0 bridgehead atoms. The first kappa shape index (κ1) is 29.7. The number of benzene rings is 3. The molecule has 0 saturated heterocycles. The maximum absolute atomic E-state index is 14.0. The topological polar surface area (TPSA) is 96.0 Å². The summed E-state index contributed by atoms with van der Waals surface area (Å²) in [4.78, 5) is 28.8. The Kier molecular flexibility index (Phi) is 10.1. The van der Waals surface area contributed by atoms with Crippen LogP contribution in [0.4, 0.5) is 5.69 Å². The fraction of sp³-hybridized carbons (Fsp3) is 0.333. The molecule has 0 heterocycles. The van der Waals surface area contributed by atoms with Crippen LogP contribution in [0.3, 0.4) is 0 Å². The molecule has 3 aromatic rings. The van der Waals surface area contributed by atoms with Gasteiger partial charge in [-0.2, -0.15) is 0 Å². The van der Waals surface area contributed by atoms with Crippen molar-refractivity contribution in [3.05, 3.63) is 90.0 Å². The third-order valence-electron chi connectivity index (χ3n) is 6.20. The molecule has 2 amide bonds. The van der Waals surface area contributed by atoms with Crippen LogP contribution in [-0.2, 0) is 26.2 Å². The van der Waals surface area contributed by atoms with Gasteiger partial charge in [0.1, 0.15) is 18.3 Å². The Morgan fingerprint density at radius 2 is 1.64 bits per heavy atom. The molecule has 0 aromatic heterocycles. The Morgan fingerprint density at radius 3 is 2.26 bits per heavy atom. The van der Waals surface area contributed by atoms with E-state index in [1.165, 1.54) is 24.1 Å². The van der Waals surface area contributed by atoms with Crippen molar-refractivity contribution in [2.45, 2.75) is 57.6 Å². The summed E-state index contributed by atoms with van der Waals surface area (Å²) in [5.41, 5.74) is 2.14. The first-order chi connectivity index (χ1) is 18.6. The van der Waals surface area contributed by atoms with E-state index in [0.717, 1.165) is 15.4 Å². The summed E-state index contributed by atoms with van der Waals surface area (Å²) in [6, 6.07) is 21.3. The number of nitrogens with zero attached hydrogens (tertiary/aromatic N) is 2. The normalized spacial score (nSPS) is 12.1. The second-order valence-corrected chi connectivity index (χ2v) is 11.5. The minimum Gasteiger partial charge on any atom is -0.497 e. The Hall–Kier alpha value is -3.85. The molecule has 0 aliphatic carbocycles. The highest BCUT2D eigenvalue weighted by Crippen LogP contribution is 2.27. The highest BCUT2D eigenvalue weighted by Gasteiger charge is 2.34. The summed E-state index contributed by atoms with van der Waals surface area (Å²) in [6.07, 6.45) is 0.362. The number of amides is 2. The average molecular weight is 552 g/mol. The zero-order valence-electron chi connectivity index (χ0n) is 23.1. The van der Waals surface area contributed by atoms with Crippen LogP contribution >= 0.6 is 0 Å². The van der Waals surface area contributed by atoms with Gasteiger partial charge in [0.25, 0.3) is 10.0 Å². The molecule has 39 heavy (non-hydrogen) atoms. The van der Waals surface area contributed by atoms with E-state index >= 15 is 0 Å². The van der Waals surface area contributed by atoms with E-state index in [0.29, 0.717) is 12.2 Å². The maximum Gasteiger partial charge on any atom is 0.264 e. The Labute approximate surface area is 231 Å². The summed E-state index contributed by atoms with van der Waals surface area (Å²) in [7, 11) is -2.64. The smallest absolute Gasteiger partial charge is 0.264 e. The van der Waals surface area contributed by atoms with E-state index in [-0.39, 0.29) is 29.1 Å². The zero-order valence-corrected chi connectivity index (χ0v) is 23.9. The lowest BCUT2D eigenvalue weighted by Gasteiger charge is -2.33. The minimum absolute atomic E-state index is 0.0513. The number of hydrogen-bond acceptors (Lipinski definition) is 5. The molecule has 3 rings (SSSR count). The molecule has 0 aliphatic heterocycles. The van der Waals surface area contributed by atoms with Gasteiger partial charge in [-0.05, 0) is 57.0 Å². The molecule has 3 aromatic carbocycles. The van der Waals surface area contributed by atoms with Crippen LogP contribution < -0.4 is 14.4 Å². The second-order valence-electron chi connectivity index (χ2n) is 9.62. The number of ether oxygens (including phenoxy) is 1. The Morgan fingerprint density at radius 1 is 0.949 bits per heavy atom. The van der Waals surface area contributed by atoms with E-state index in [4.69, 9.17) is 4.74 Å². The van der Waals surface area contributed by atoms with Gasteiger partial charge in [0.2, 0.25) is 11.8 Å². The van der Waals surface area contributed by atoms with Crippen molar-refractivity contribution < 1.29 is 22.7 Å². The van der Waals surface area contributed by atoms with Crippen LogP contribution in [0, 0.1) is 6.92 Å². The molecule has 1 N–H and O–H groups in total. The van der Waals surface area contributed by atoms with Crippen molar-refractivity contribution in [1.82, 2.24) is 10.2 Å². The van der Waals surface area contributed by atoms with Gasteiger partial charge in [0, 0.05) is 18.7 Å². The molecule has 0 fully saturated rings. The van der Waals surface area contributed by atoms with Gasteiger partial charge >= 0.3 is 0 Å². The monoisotopic (exact) mass is 551 g/mol. The fourth-order valence-corrected chi connectivity index (χ4v) is 5.75. The van der Waals surface area contributed by atoms with E-state index in [2.05, 4.69) is 5.32 Å². The highest BCUT2D eigenvalue weighted by atomic mass is 32.2. The molecule has 0 spiro atoms. The molecule has 1 atom stereocenters. The predicted octanol–water partition coefficient (Wildman–Crippen LogP) is 4.53. The first-order valence-corrected chi connectivity index (χ1v) is 14.4. The quantitative estimate of drug-likeness (QED) is 0.357. The van der Waals surface area contributed by atoms with Gasteiger partial charge in [0.15, 0.2) is 0 Å². The van der Waals surface area contributed by atoms with E-state index < -0.39 is 28.5 Å². The molecular weight excluding hydrogens is 514 g/mol. The Bertz CT molecular complexity index is 1380. The first-order valence-electron chi connectivity index (χ1n) is 12.9. The molecule has 8 nitrogen and oxygen atoms in total. The largest absolute Gasteiger partial charge is 0.497 e. The summed E-state index contributed by atoms with van der Waals surface area (Å²) >= 11 is 0. The number of aryl methyl sites for hydroxylation is 1. The second kappa shape index (κ2) is 13.3. The molecule has 0 aliphatic rings. The lowest BCUT2D eigenvalue weighted by molar-refractivity contribution is -0.140. The number of hydrogen-bond donors (Lipinski definition) is 1. The summed E-state index contributed by atoms with van der Waals surface area (Å²) < 4.78 is 34.1. The summed E-state index contributed by atoms with van der Waals surface area (Å²) in [5, 5.41) is 2.90. The van der Waals surface area contributed by atoms with Crippen LogP contribution in [-0.4, -0.2) is 50.9 Å². The van der Waals surface area contributed by atoms with Crippen molar-refractivity contribution in [3.63, 3.8) is 0 Å². The minimum atomic E-state index is -4.13. The van der Waals surface area contributed by atoms with Crippen molar-refractivity contribution in [2.75, 3.05) is 18.0 Å². The lowest BCUT2D eigenvalue weighted by atomic mass is 10.1. The maximum atomic E-state index is 14.0. The fourth-order valence-electron chi connectivity index (χ4n) is 4.32. The molecular formula is C30H37N3O5S. The van der Waals surface area contributed by atoms with Gasteiger partial charge < -0.3 is 15.0 Å². The van der Waals surface area contributed by atoms with Crippen LogP contribution in [0.2, 0.25) is 0 Å². The number of anilines is 1. The van der Waals surface area contributed by atoms with E-state index in [1.807, 2.05) is 52.0 Å². The number of carbonyl (C=O) groups is 2. The van der Waals surface area contributed by atoms with Gasteiger partial charge in [0.05, 0.1) is 17.7 Å². The number of methoxy groups -OCH3 is 1. The Balaban J connectivity index is 2.07. The number of carbonyl (C=O) groups excluding carboxylic acids is 2. The lowest BCUT2D eigenvalue weighted by Crippen LogP contribution is -2.53. The van der Waals surface area contributed by atoms with E-state index in [1.54, 1.807) is 42.5 Å². The predicted molar refractivity (Wildman–Crippen MR) is 153 cm³/mol. The van der Waals surface area contributed by atoms with Crippen LogP contribution in [0.25, 0.3) is 0 Å². The summed E-state index contributed by atoms with van der Waals surface area (Å²) in [5.74, 6) is -0.329. The van der Waals surface area contributed by atoms with Gasteiger partial charge in [-0.15, -0.1) is 0 Å². The van der Waals surface area contributed by atoms with Crippen molar-refractivity contribution in [2.24, 2.45) is 0 Å². The van der Waals surface area contributed by atoms with Crippen molar-refractivity contribution in [1.29, 1.82) is 0 Å².